The van der Waals surface area contributed by atoms with E-state index >= 15 is 0 Å². The van der Waals surface area contributed by atoms with E-state index in [4.69, 9.17) is 4.74 Å². The monoisotopic (exact) mass is 517 g/mol. The lowest BCUT2D eigenvalue weighted by atomic mass is 10.0. The zero-order valence-electron chi connectivity index (χ0n) is 22.4. The van der Waals surface area contributed by atoms with Crippen molar-refractivity contribution in [1.82, 2.24) is 10.2 Å². The molecule has 38 heavy (non-hydrogen) atoms. The van der Waals surface area contributed by atoms with Crippen molar-refractivity contribution in [3.8, 4) is 5.75 Å². The standard InChI is InChI=1S/C30H35N3O5/c1-20-11-9-10-14-24(20)31-27(35)26(22-15-17-23(34)18-16-22)33(5)28(36)25(19-21-12-7-6-8-13-21)32-29(37)38-30(2,3)4/h6-18,25-26,34H,19H2,1-5H3,(H,31,35)(H,32,37). The lowest BCUT2D eigenvalue weighted by Crippen LogP contribution is -2.52. The molecule has 0 saturated carbocycles. The maximum atomic E-state index is 13.9. The van der Waals surface area contributed by atoms with Crippen molar-refractivity contribution in [3.05, 3.63) is 95.6 Å². The Labute approximate surface area is 223 Å². The number of phenolic OH excluding ortho intramolecular Hbond substituents is 1. The van der Waals surface area contributed by atoms with Crippen LogP contribution in [0.2, 0.25) is 0 Å². The molecule has 8 heteroatoms. The van der Waals surface area contributed by atoms with Gasteiger partial charge in [-0.05, 0) is 62.6 Å². The number of hydrogen-bond acceptors (Lipinski definition) is 5. The van der Waals surface area contributed by atoms with Crippen LogP contribution in [0, 0.1) is 6.92 Å². The summed E-state index contributed by atoms with van der Waals surface area (Å²) in [5, 5.41) is 15.4. The number of carbonyl (C=O) groups is 3. The highest BCUT2D eigenvalue weighted by atomic mass is 16.6. The van der Waals surface area contributed by atoms with E-state index in [-0.39, 0.29) is 12.2 Å². The topological polar surface area (TPSA) is 108 Å². The molecule has 200 valence electrons. The van der Waals surface area contributed by atoms with Crippen molar-refractivity contribution in [3.63, 3.8) is 0 Å². The number of ether oxygens (including phenoxy) is 1. The molecule has 3 N–H and O–H groups in total. The highest BCUT2D eigenvalue weighted by molar-refractivity contribution is 5.99. The first-order chi connectivity index (χ1) is 17.9. The van der Waals surface area contributed by atoms with E-state index in [1.807, 2.05) is 55.5 Å². The van der Waals surface area contributed by atoms with E-state index in [2.05, 4.69) is 10.6 Å². The number of nitrogens with zero attached hydrogens (tertiary/aromatic N) is 1. The molecule has 0 radical (unpaired) electrons. The molecule has 0 saturated heterocycles. The fraction of sp³-hybridized carbons (Fsp3) is 0.300. The predicted octanol–water partition coefficient (Wildman–Crippen LogP) is 4.97. The molecule has 0 aliphatic carbocycles. The van der Waals surface area contributed by atoms with Gasteiger partial charge in [0.25, 0.3) is 5.91 Å². The Morgan fingerprint density at radius 2 is 1.53 bits per heavy atom. The maximum absolute atomic E-state index is 13.9. The summed E-state index contributed by atoms with van der Waals surface area (Å²) in [6.07, 6.45) is -0.531. The SMILES string of the molecule is Cc1ccccc1NC(=O)C(c1ccc(O)cc1)N(C)C(=O)C(Cc1ccccc1)NC(=O)OC(C)(C)C. The van der Waals surface area contributed by atoms with Gasteiger partial charge in [-0.25, -0.2) is 4.79 Å². The first kappa shape index (κ1) is 28.2. The fourth-order valence-electron chi connectivity index (χ4n) is 3.99. The van der Waals surface area contributed by atoms with Gasteiger partial charge >= 0.3 is 6.09 Å². The van der Waals surface area contributed by atoms with E-state index in [1.165, 1.54) is 24.1 Å². The van der Waals surface area contributed by atoms with Crippen LogP contribution in [0.1, 0.15) is 43.5 Å². The number of likely N-dealkylation sites (N-methyl/N-ethyl adjacent to an activating group) is 1. The second-order valence-corrected chi connectivity index (χ2v) is 10.1. The Hall–Kier alpha value is -4.33. The van der Waals surface area contributed by atoms with Crippen molar-refractivity contribution in [2.75, 3.05) is 12.4 Å². The minimum absolute atomic E-state index is 0.0364. The number of rotatable bonds is 8. The minimum Gasteiger partial charge on any atom is -0.508 e. The van der Waals surface area contributed by atoms with Gasteiger partial charge in [0, 0.05) is 19.2 Å². The molecule has 3 aromatic rings. The molecule has 0 bridgehead atoms. The largest absolute Gasteiger partial charge is 0.508 e. The highest BCUT2D eigenvalue weighted by Crippen LogP contribution is 2.26. The lowest BCUT2D eigenvalue weighted by Gasteiger charge is -2.32. The maximum Gasteiger partial charge on any atom is 0.408 e. The first-order valence-corrected chi connectivity index (χ1v) is 12.4. The number of para-hydroxylation sites is 1. The number of anilines is 1. The van der Waals surface area contributed by atoms with Gasteiger partial charge in [0.15, 0.2) is 0 Å². The zero-order chi connectivity index (χ0) is 27.9. The molecule has 3 aromatic carbocycles. The van der Waals surface area contributed by atoms with Gasteiger partial charge in [0.2, 0.25) is 5.91 Å². The fourth-order valence-corrected chi connectivity index (χ4v) is 3.99. The summed E-state index contributed by atoms with van der Waals surface area (Å²) in [5.41, 5.74) is 2.07. The number of phenols is 1. The van der Waals surface area contributed by atoms with Gasteiger partial charge in [0.05, 0.1) is 0 Å². The number of amides is 3. The zero-order valence-corrected chi connectivity index (χ0v) is 22.4. The van der Waals surface area contributed by atoms with Crippen LogP contribution in [-0.2, 0) is 20.7 Å². The van der Waals surface area contributed by atoms with Crippen LogP contribution in [0.4, 0.5) is 10.5 Å². The van der Waals surface area contributed by atoms with Crippen molar-refractivity contribution in [2.45, 2.75) is 51.8 Å². The average Bonchev–Trinajstić information content (AvgIpc) is 2.85. The second-order valence-electron chi connectivity index (χ2n) is 10.1. The quantitative estimate of drug-likeness (QED) is 0.391. The van der Waals surface area contributed by atoms with Crippen LogP contribution >= 0.6 is 0 Å². The van der Waals surface area contributed by atoms with E-state index in [0.29, 0.717) is 11.3 Å². The average molecular weight is 518 g/mol. The van der Waals surface area contributed by atoms with E-state index in [9.17, 15) is 19.5 Å². The normalized spacial score (nSPS) is 12.7. The summed E-state index contributed by atoms with van der Waals surface area (Å²) in [7, 11) is 1.52. The Balaban J connectivity index is 1.94. The van der Waals surface area contributed by atoms with Gasteiger partial charge in [0.1, 0.15) is 23.4 Å². The number of aromatic hydroxyl groups is 1. The van der Waals surface area contributed by atoms with Crippen LogP contribution < -0.4 is 10.6 Å². The molecule has 0 fully saturated rings. The Morgan fingerprint density at radius 3 is 2.13 bits per heavy atom. The van der Waals surface area contributed by atoms with Gasteiger partial charge in [-0.3, -0.25) is 9.59 Å². The summed E-state index contributed by atoms with van der Waals surface area (Å²) in [6, 6.07) is 20.7. The summed E-state index contributed by atoms with van der Waals surface area (Å²) < 4.78 is 5.41. The second kappa shape index (κ2) is 12.3. The molecule has 2 unspecified atom stereocenters. The van der Waals surface area contributed by atoms with E-state index < -0.39 is 35.6 Å². The molecule has 8 nitrogen and oxygen atoms in total. The molecule has 0 aliphatic heterocycles. The summed E-state index contributed by atoms with van der Waals surface area (Å²) in [4.78, 5) is 41.5. The number of benzene rings is 3. The third kappa shape index (κ3) is 7.83. The predicted molar refractivity (Wildman–Crippen MR) is 147 cm³/mol. The van der Waals surface area contributed by atoms with Gasteiger partial charge in [-0.1, -0.05) is 60.7 Å². The Bertz CT molecular complexity index is 1250. The van der Waals surface area contributed by atoms with Crippen molar-refractivity contribution >= 4 is 23.6 Å². The van der Waals surface area contributed by atoms with E-state index in [0.717, 1.165) is 11.1 Å². The van der Waals surface area contributed by atoms with Crippen LogP contribution in [0.15, 0.2) is 78.9 Å². The molecule has 0 aromatic heterocycles. The third-order valence-corrected chi connectivity index (χ3v) is 5.87. The smallest absolute Gasteiger partial charge is 0.408 e. The molecule has 0 heterocycles. The van der Waals surface area contributed by atoms with Crippen molar-refractivity contribution < 1.29 is 24.2 Å². The molecule has 0 spiro atoms. The number of carbonyl (C=O) groups excluding carboxylic acids is 3. The number of alkyl carbamates (subject to hydrolysis) is 1. The Kier molecular flexibility index (Phi) is 9.12. The minimum atomic E-state index is -1.04. The molecule has 2 atom stereocenters. The van der Waals surface area contributed by atoms with Crippen LogP contribution in [0.25, 0.3) is 0 Å². The number of nitrogens with one attached hydrogen (secondary N) is 2. The van der Waals surface area contributed by atoms with Gasteiger partial charge in [-0.15, -0.1) is 0 Å². The van der Waals surface area contributed by atoms with Crippen LogP contribution in [-0.4, -0.2) is 46.6 Å². The number of hydrogen-bond donors (Lipinski definition) is 3. The Morgan fingerprint density at radius 1 is 0.921 bits per heavy atom. The first-order valence-electron chi connectivity index (χ1n) is 12.4. The van der Waals surface area contributed by atoms with Crippen LogP contribution in [0.3, 0.4) is 0 Å². The summed E-state index contributed by atoms with van der Waals surface area (Å²) >= 11 is 0. The van der Waals surface area contributed by atoms with Crippen LogP contribution in [0.5, 0.6) is 5.75 Å². The molecule has 3 rings (SSSR count). The van der Waals surface area contributed by atoms with Gasteiger partial charge < -0.3 is 25.4 Å². The molecular formula is C30H35N3O5. The van der Waals surface area contributed by atoms with E-state index in [1.54, 1.807) is 39.0 Å². The van der Waals surface area contributed by atoms with Crippen molar-refractivity contribution in [2.24, 2.45) is 0 Å². The lowest BCUT2D eigenvalue weighted by molar-refractivity contribution is -0.139. The van der Waals surface area contributed by atoms with Gasteiger partial charge in [-0.2, -0.15) is 0 Å². The number of aryl methyl sites for hydroxylation is 1. The highest BCUT2D eigenvalue weighted by Gasteiger charge is 2.34. The third-order valence-electron chi connectivity index (χ3n) is 5.87. The molecule has 3 amide bonds. The molecule has 0 aliphatic rings. The summed E-state index contributed by atoms with van der Waals surface area (Å²) in [5.74, 6) is -0.872. The van der Waals surface area contributed by atoms with Crippen molar-refractivity contribution in [1.29, 1.82) is 0 Å². The summed E-state index contributed by atoms with van der Waals surface area (Å²) in [6.45, 7) is 7.09. The molecular weight excluding hydrogens is 482 g/mol.